The zero-order valence-electron chi connectivity index (χ0n) is 14.5. The molecule has 2 N–H and O–H groups in total. The van der Waals surface area contributed by atoms with Crippen molar-refractivity contribution in [3.63, 3.8) is 0 Å². The number of amides is 1. The first-order valence-corrected chi connectivity index (χ1v) is 8.42. The molecule has 0 bridgehead atoms. The van der Waals surface area contributed by atoms with E-state index in [1.165, 1.54) is 18.2 Å². The number of anilines is 1. The second kappa shape index (κ2) is 6.71. The summed E-state index contributed by atoms with van der Waals surface area (Å²) in [7, 11) is 0. The van der Waals surface area contributed by atoms with Gasteiger partial charge in [-0.25, -0.2) is 9.48 Å². The van der Waals surface area contributed by atoms with Gasteiger partial charge in [0.15, 0.2) is 5.69 Å². The van der Waals surface area contributed by atoms with E-state index in [2.05, 4.69) is 10.4 Å². The summed E-state index contributed by atoms with van der Waals surface area (Å²) < 4.78 is 40.6. The molecule has 1 aromatic carbocycles. The maximum atomic E-state index is 13.4. The number of carboxylic acid groups (broad SMARTS) is 1. The van der Waals surface area contributed by atoms with Crippen molar-refractivity contribution in [2.45, 2.75) is 38.8 Å². The second-order valence-corrected chi connectivity index (χ2v) is 6.89. The van der Waals surface area contributed by atoms with Crippen LogP contribution in [0.15, 0.2) is 30.5 Å². The lowest BCUT2D eigenvalue weighted by atomic mass is 9.88. The van der Waals surface area contributed by atoms with E-state index in [-0.39, 0.29) is 11.6 Å². The van der Waals surface area contributed by atoms with Gasteiger partial charge in [-0.05, 0) is 31.0 Å². The monoisotopic (exact) mass is 381 g/mol. The Morgan fingerprint density at radius 3 is 2.52 bits per heavy atom. The van der Waals surface area contributed by atoms with Crippen LogP contribution in [0.2, 0.25) is 0 Å². The molecule has 0 saturated heterocycles. The molecule has 1 amide bonds. The third-order valence-corrected chi connectivity index (χ3v) is 4.87. The number of carboxylic acids is 1. The highest BCUT2D eigenvalue weighted by Gasteiger charge is 2.41. The smallest absolute Gasteiger partial charge is 0.434 e. The summed E-state index contributed by atoms with van der Waals surface area (Å²) in [5.41, 5.74) is -2.47. The molecular formula is C18H18F3N3O3. The lowest BCUT2D eigenvalue weighted by Crippen LogP contribution is -2.30. The van der Waals surface area contributed by atoms with Gasteiger partial charge in [-0.15, -0.1) is 0 Å². The zero-order valence-corrected chi connectivity index (χ0v) is 14.5. The number of aromatic nitrogens is 2. The van der Waals surface area contributed by atoms with Crippen LogP contribution in [0.1, 0.15) is 48.7 Å². The van der Waals surface area contributed by atoms with E-state index in [1.54, 1.807) is 6.07 Å². The maximum Gasteiger partial charge on any atom is 0.434 e. The predicted octanol–water partition coefficient (Wildman–Crippen LogP) is 4.11. The molecule has 0 radical (unpaired) electrons. The molecule has 9 heteroatoms. The van der Waals surface area contributed by atoms with Crippen molar-refractivity contribution in [1.29, 1.82) is 0 Å². The van der Waals surface area contributed by atoms with Crippen molar-refractivity contribution >= 4 is 17.6 Å². The van der Waals surface area contributed by atoms with Crippen LogP contribution in [-0.4, -0.2) is 26.8 Å². The molecule has 0 unspecified atom stereocenters. The Balaban J connectivity index is 1.95. The minimum atomic E-state index is -4.90. The molecule has 0 atom stereocenters. The number of nitrogens with one attached hydrogen (secondary N) is 1. The Hall–Kier alpha value is -2.84. The molecule has 1 aromatic heterocycles. The fraction of sp³-hybridized carbons (Fsp3) is 0.389. The van der Waals surface area contributed by atoms with Gasteiger partial charge in [0.1, 0.15) is 5.56 Å². The third-order valence-electron chi connectivity index (χ3n) is 4.87. The number of carbonyl (C=O) groups is 2. The molecule has 2 aromatic rings. The first-order valence-electron chi connectivity index (χ1n) is 8.42. The fourth-order valence-corrected chi connectivity index (χ4v) is 3.35. The average molecular weight is 381 g/mol. The van der Waals surface area contributed by atoms with Crippen LogP contribution >= 0.6 is 0 Å². The molecule has 144 valence electrons. The van der Waals surface area contributed by atoms with Crippen molar-refractivity contribution in [1.82, 2.24) is 9.78 Å². The van der Waals surface area contributed by atoms with Gasteiger partial charge >= 0.3 is 12.1 Å². The molecule has 3 rings (SSSR count). The zero-order chi connectivity index (χ0) is 19.8. The number of hydrogen-bond donors (Lipinski definition) is 2. The molecule has 1 heterocycles. The molecule has 27 heavy (non-hydrogen) atoms. The van der Waals surface area contributed by atoms with Crippen molar-refractivity contribution in [3.8, 4) is 5.69 Å². The normalized spacial score (nSPS) is 16.3. The molecule has 0 spiro atoms. The van der Waals surface area contributed by atoms with Gasteiger partial charge < -0.3 is 10.4 Å². The Bertz CT molecular complexity index is 883. The predicted molar refractivity (Wildman–Crippen MR) is 90.7 cm³/mol. The Morgan fingerprint density at radius 2 is 1.93 bits per heavy atom. The summed E-state index contributed by atoms with van der Waals surface area (Å²) >= 11 is 0. The number of rotatable bonds is 4. The largest absolute Gasteiger partial charge is 0.478 e. The molecular weight excluding hydrogens is 363 g/mol. The lowest BCUT2D eigenvalue weighted by Gasteiger charge is -2.22. The third kappa shape index (κ3) is 3.67. The molecule has 1 aliphatic carbocycles. The second-order valence-electron chi connectivity index (χ2n) is 6.89. The topological polar surface area (TPSA) is 84.2 Å². The highest BCUT2D eigenvalue weighted by Crippen LogP contribution is 2.39. The van der Waals surface area contributed by atoms with Crippen molar-refractivity contribution < 1.29 is 27.9 Å². The van der Waals surface area contributed by atoms with E-state index in [4.69, 9.17) is 5.11 Å². The SMILES string of the molecule is CC1(C(=O)Nc2cccc(-n3ncc(C(=O)O)c3C(F)(F)F)c2)CCCC1. The Labute approximate surface area is 153 Å². The molecule has 0 aliphatic heterocycles. The number of alkyl halides is 3. The van der Waals surface area contributed by atoms with Crippen LogP contribution in [-0.2, 0) is 11.0 Å². The summed E-state index contributed by atoms with van der Waals surface area (Å²) in [5.74, 6) is -1.90. The van der Waals surface area contributed by atoms with E-state index in [1.807, 2.05) is 6.92 Å². The van der Waals surface area contributed by atoms with Crippen LogP contribution in [0.3, 0.4) is 0 Å². The van der Waals surface area contributed by atoms with Crippen LogP contribution in [0, 0.1) is 5.41 Å². The Kier molecular flexibility index (Phi) is 4.71. The lowest BCUT2D eigenvalue weighted by molar-refractivity contribution is -0.143. The van der Waals surface area contributed by atoms with E-state index >= 15 is 0 Å². The highest BCUT2D eigenvalue weighted by atomic mass is 19.4. The molecule has 1 fully saturated rings. The standard InChI is InChI=1S/C18H18F3N3O3/c1-17(7-2-3-8-17)16(27)23-11-5-4-6-12(9-11)24-14(18(19,20)21)13(10-22-24)15(25)26/h4-6,9-10H,2-3,7-8H2,1H3,(H,23,27)(H,25,26). The number of carbonyl (C=O) groups excluding carboxylic acids is 1. The van der Waals surface area contributed by atoms with Crippen molar-refractivity contribution in [2.75, 3.05) is 5.32 Å². The van der Waals surface area contributed by atoms with Crippen LogP contribution < -0.4 is 5.32 Å². The van der Waals surface area contributed by atoms with Gasteiger partial charge in [-0.1, -0.05) is 25.8 Å². The van der Waals surface area contributed by atoms with E-state index < -0.39 is 28.8 Å². The minimum absolute atomic E-state index is 0.00389. The first kappa shape index (κ1) is 18.9. The summed E-state index contributed by atoms with van der Waals surface area (Å²) in [4.78, 5) is 23.6. The van der Waals surface area contributed by atoms with Gasteiger partial charge in [0.25, 0.3) is 0 Å². The van der Waals surface area contributed by atoms with Gasteiger partial charge in [-0.3, -0.25) is 4.79 Å². The summed E-state index contributed by atoms with van der Waals surface area (Å²) in [6, 6.07) is 5.74. The number of aromatic carboxylic acids is 1. The molecule has 1 saturated carbocycles. The van der Waals surface area contributed by atoms with E-state index in [0.29, 0.717) is 16.6 Å². The number of hydrogen-bond acceptors (Lipinski definition) is 3. The van der Waals surface area contributed by atoms with Crippen LogP contribution in [0.5, 0.6) is 0 Å². The number of halogens is 3. The van der Waals surface area contributed by atoms with Crippen LogP contribution in [0.4, 0.5) is 18.9 Å². The summed E-state index contributed by atoms with van der Waals surface area (Å²) in [5, 5.41) is 15.3. The van der Waals surface area contributed by atoms with Crippen LogP contribution in [0.25, 0.3) is 5.69 Å². The number of benzene rings is 1. The average Bonchev–Trinajstić information content (AvgIpc) is 3.22. The summed E-state index contributed by atoms with van der Waals surface area (Å²) in [6.07, 6.45) is -0.791. The quantitative estimate of drug-likeness (QED) is 0.835. The molecule has 1 aliphatic rings. The minimum Gasteiger partial charge on any atom is -0.478 e. The van der Waals surface area contributed by atoms with Gasteiger partial charge in [0, 0.05) is 11.1 Å². The highest BCUT2D eigenvalue weighted by molar-refractivity contribution is 5.95. The van der Waals surface area contributed by atoms with Gasteiger partial charge in [-0.2, -0.15) is 18.3 Å². The van der Waals surface area contributed by atoms with E-state index in [9.17, 15) is 22.8 Å². The fourth-order valence-electron chi connectivity index (χ4n) is 3.35. The maximum absolute atomic E-state index is 13.4. The first-order chi connectivity index (χ1) is 12.6. The number of nitrogens with zero attached hydrogens (tertiary/aromatic N) is 2. The van der Waals surface area contributed by atoms with Gasteiger partial charge in [0.05, 0.1) is 11.9 Å². The van der Waals surface area contributed by atoms with E-state index in [0.717, 1.165) is 25.7 Å². The summed E-state index contributed by atoms with van der Waals surface area (Å²) in [6.45, 7) is 1.87. The Morgan fingerprint density at radius 1 is 1.26 bits per heavy atom. The van der Waals surface area contributed by atoms with Gasteiger partial charge in [0.2, 0.25) is 5.91 Å². The van der Waals surface area contributed by atoms with Crippen molar-refractivity contribution in [2.24, 2.45) is 5.41 Å². The van der Waals surface area contributed by atoms with Crippen molar-refractivity contribution in [3.05, 3.63) is 41.7 Å². The molecule has 6 nitrogen and oxygen atoms in total.